The zero-order valence-corrected chi connectivity index (χ0v) is 18.1. The number of hydrogen-bond donors (Lipinski definition) is 1. The highest BCUT2D eigenvalue weighted by Gasteiger charge is 2.45. The minimum Gasteiger partial charge on any atom is -0.459 e. The van der Waals surface area contributed by atoms with Gasteiger partial charge in [-0.1, -0.05) is 5.92 Å². The fraction of sp³-hybridized carbons (Fsp3) is 0.526. The Hall–Kier alpha value is -3.04. The zero-order valence-electron chi connectivity index (χ0n) is 17.3. The predicted octanol–water partition coefficient (Wildman–Crippen LogP) is 0.322. The molecule has 2 N–H and O–H groups in total. The zero-order chi connectivity index (χ0) is 22.7. The summed E-state index contributed by atoms with van der Waals surface area (Å²) in [4.78, 5) is 44.6. The number of carbonyl (C=O) groups excluding carboxylic acids is 2. The van der Waals surface area contributed by atoms with Crippen molar-refractivity contribution in [1.82, 2.24) is 19.1 Å². The molecular weight excluding hydrogens is 426 g/mol. The number of ether oxygens (including phenoxy) is 3. The summed E-state index contributed by atoms with van der Waals surface area (Å²) in [6.07, 6.45) is 5.86. The van der Waals surface area contributed by atoms with Crippen LogP contribution in [0.3, 0.4) is 0 Å². The summed E-state index contributed by atoms with van der Waals surface area (Å²) in [6, 6.07) is 0. The molecule has 4 atom stereocenters. The lowest BCUT2D eigenvalue weighted by atomic mass is 10.1. The lowest BCUT2D eigenvalue weighted by molar-refractivity contribution is -0.156. The van der Waals surface area contributed by atoms with E-state index >= 15 is 0 Å². The molecule has 0 unspecified atom stereocenters. The number of imidazole rings is 1. The quantitative estimate of drug-likeness (QED) is 0.464. The Morgan fingerprint density at radius 1 is 1.45 bits per heavy atom. The molecule has 0 bridgehead atoms. The first-order valence-electron chi connectivity index (χ1n) is 9.42. The lowest BCUT2D eigenvalue weighted by Crippen LogP contribution is -2.34. The molecule has 2 aromatic heterocycles. The van der Waals surface area contributed by atoms with E-state index in [2.05, 4.69) is 15.9 Å². The van der Waals surface area contributed by atoms with Crippen LogP contribution in [0.25, 0.3) is 11.2 Å². The van der Waals surface area contributed by atoms with Gasteiger partial charge in [0.15, 0.2) is 11.9 Å². The maximum Gasteiger partial charge on any atom is 0.333 e. The smallest absolute Gasteiger partial charge is 0.333 e. The maximum absolute atomic E-state index is 13.2. The van der Waals surface area contributed by atoms with E-state index in [0.717, 1.165) is 0 Å². The third-order valence-electron chi connectivity index (χ3n) is 4.71. The summed E-state index contributed by atoms with van der Waals surface area (Å²) in [7, 11) is 0. The number of rotatable bonds is 7. The fourth-order valence-corrected chi connectivity index (χ4v) is 4.20. The van der Waals surface area contributed by atoms with Crippen molar-refractivity contribution >= 4 is 40.8 Å². The van der Waals surface area contributed by atoms with Crippen molar-refractivity contribution in [3.8, 4) is 12.3 Å². The second-order valence-electron chi connectivity index (χ2n) is 6.93. The summed E-state index contributed by atoms with van der Waals surface area (Å²) in [5, 5.41) is 0. The molecule has 0 spiro atoms. The topological polar surface area (TPSA) is 141 Å². The maximum atomic E-state index is 13.2. The summed E-state index contributed by atoms with van der Waals surface area (Å²) in [5.41, 5.74) is 5.79. The molecular formula is C19H23N5O6S. The van der Waals surface area contributed by atoms with E-state index in [1.165, 1.54) is 40.9 Å². The van der Waals surface area contributed by atoms with Crippen LogP contribution in [0.5, 0.6) is 0 Å². The molecule has 1 aliphatic rings. The van der Waals surface area contributed by atoms with E-state index in [9.17, 15) is 14.4 Å². The average molecular weight is 449 g/mol. The molecule has 166 valence electrons. The highest BCUT2D eigenvalue weighted by molar-refractivity contribution is 7.98. The van der Waals surface area contributed by atoms with Crippen LogP contribution in [0, 0.1) is 12.3 Å². The third-order valence-corrected chi connectivity index (χ3v) is 5.37. The van der Waals surface area contributed by atoms with Crippen LogP contribution < -0.4 is 11.4 Å². The number of terminal acetylenes is 1. The Bertz CT molecular complexity index is 1090. The van der Waals surface area contributed by atoms with Crippen molar-refractivity contribution in [3.05, 3.63) is 16.7 Å². The Labute approximate surface area is 182 Å². The number of anilines is 1. The number of nitrogens with two attached hydrogens (primary N) is 1. The van der Waals surface area contributed by atoms with Gasteiger partial charge in [-0.2, -0.15) is 16.7 Å². The highest BCUT2D eigenvalue weighted by Crippen LogP contribution is 2.35. The molecule has 0 saturated carbocycles. The van der Waals surface area contributed by atoms with E-state index in [4.69, 9.17) is 26.4 Å². The van der Waals surface area contributed by atoms with Crippen LogP contribution in [0.15, 0.2) is 11.0 Å². The molecule has 1 aliphatic heterocycles. The number of aromatic nitrogens is 4. The average Bonchev–Trinajstić information content (AvgIpc) is 3.19. The van der Waals surface area contributed by atoms with Crippen LogP contribution in [0.2, 0.25) is 0 Å². The second-order valence-corrected chi connectivity index (χ2v) is 7.84. The normalized spacial score (nSPS) is 21.5. The van der Waals surface area contributed by atoms with E-state index in [1.54, 1.807) is 0 Å². The van der Waals surface area contributed by atoms with Crippen LogP contribution in [-0.4, -0.2) is 61.4 Å². The van der Waals surface area contributed by atoms with Crippen molar-refractivity contribution in [2.45, 2.75) is 51.4 Å². The lowest BCUT2D eigenvalue weighted by Gasteiger charge is -2.22. The van der Waals surface area contributed by atoms with Crippen LogP contribution in [-0.2, 0) is 30.3 Å². The molecule has 0 radical (unpaired) electrons. The van der Waals surface area contributed by atoms with Gasteiger partial charge in [-0.3, -0.25) is 14.2 Å². The Morgan fingerprint density at radius 2 is 2.19 bits per heavy atom. The summed E-state index contributed by atoms with van der Waals surface area (Å²) < 4.78 is 19.5. The van der Waals surface area contributed by atoms with Gasteiger partial charge in [0, 0.05) is 26.0 Å². The van der Waals surface area contributed by atoms with Gasteiger partial charge in [0.1, 0.15) is 23.8 Å². The molecule has 3 heterocycles. The minimum absolute atomic E-state index is 0.0213. The number of fused-ring (bicyclic) bond motifs is 1. The largest absolute Gasteiger partial charge is 0.459 e. The monoisotopic (exact) mass is 449 g/mol. The first-order chi connectivity index (χ1) is 14.8. The molecule has 12 heteroatoms. The van der Waals surface area contributed by atoms with Crippen molar-refractivity contribution in [2.24, 2.45) is 0 Å². The molecule has 1 fully saturated rings. The first-order valence-corrected chi connectivity index (χ1v) is 10.8. The summed E-state index contributed by atoms with van der Waals surface area (Å²) in [5.74, 6) is 1.84. The van der Waals surface area contributed by atoms with Gasteiger partial charge in [-0.15, -0.1) is 6.42 Å². The van der Waals surface area contributed by atoms with Crippen LogP contribution in [0.1, 0.15) is 26.5 Å². The van der Waals surface area contributed by atoms with Crippen molar-refractivity contribution in [2.75, 3.05) is 17.7 Å². The molecule has 0 amide bonds. The predicted molar refractivity (Wildman–Crippen MR) is 113 cm³/mol. The number of thioether (sulfide) groups is 1. The van der Waals surface area contributed by atoms with Gasteiger partial charge in [0.2, 0.25) is 5.95 Å². The number of nitrogens with zero attached hydrogens (tertiary/aromatic N) is 4. The van der Waals surface area contributed by atoms with E-state index in [1.807, 2.05) is 6.26 Å². The van der Waals surface area contributed by atoms with Crippen molar-refractivity contribution in [1.29, 1.82) is 0 Å². The van der Waals surface area contributed by atoms with Gasteiger partial charge >= 0.3 is 17.6 Å². The van der Waals surface area contributed by atoms with Crippen LogP contribution >= 0.6 is 11.8 Å². The number of carbonyl (C=O) groups is 2. The van der Waals surface area contributed by atoms with Crippen molar-refractivity contribution in [3.63, 3.8) is 0 Å². The second kappa shape index (κ2) is 9.40. The Morgan fingerprint density at radius 3 is 2.81 bits per heavy atom. The van der Waals surface area contributed by atoms with Gasteiger partial charge in [-0.25, -0.2) is 14.3 Å². The minimum atomic E-state index is -1.02. The molecule has 3 rings (SSSR count). The Kier molecular flexibility index (Phi) is 6.87. The fourth-order valence-electron chi connectivity index (χ4n) is 3.59. The van der Waals surface area contributed by atoms with E-state index in [0.29, 0.717) is 11.3 Å². The molecule has 0 aromatic carbocycles. The molecule has 0 aliphatic carbocycles. The highest BCUT2D eigenvalue weighted by atomic mass is 32.2. The van der Waals surface area contributed by atoms with Crippen molar-refractivity contribution < 1.29 is 23.8 Å². The first kappa shape index (κ1) is 22.6. The molecule has 31 heavy (non-hydrogen) atoms. The van der Waals surface area contributed by atoms with E-state index < -0.39 is 42.2 Å². The molecule has 11 nitrogen and oxygen atoms in total. The number of esters is 2. The third kappa shape index (κ3) is 4.67. The number of nitrogen functional groups attached to an aromatic ring is 1. The SMILES string of the molecule is C#CCn1c(=O)n([C@@H]2O[C@H]([C@H](CSC)OC(C)=O)C[C@H]2OC(C)=O)c2nc(N)ncc21. The van der Waals surface area contributed by atoms with Gasteiger partial charge in [0.25, 0.3) is 0 Å². The standard InChI is InChI=1S/C19H23N5O6S/c1-5-6-23-12-8-21-18(20)22-16(12)24(19(23)27)17-14(28-10(2)25)7-13(30-17)15(9-31-4)29-11(3)26/h1,8,13-15,17H,6-7,9H2,2-4H3,(H2,20,21,22)/t13-,14+,15-,17+/m0/s1. The molecule has 1 saturated heterocycles. The van der Waals surface area contributed by atoms with Gasteiger partial charge in [-0.05, 0) is 6.26 Å². The van der Waals surface area contributed by atoms with Gasteiger partial charge < -0.3 is 19.9 Å². The Balaban J connectivity index is 2.09. The van der Waals surface area contributed by atoms with Gasteiger partial charge in [0.05, 0.1) is 12.7 Å². The van der Waals surface area contributed by atoms with Crippen LogP contribution in [0.4, 0.5) is 5.95 Å². The summed E-state index contributed by atoms with van der Waals surface area (Å²) in [6.45, 7) is 2.55. The molecule has 2 aromatic rings. The van der Waals surface area contributed by atoms with E-state index in [-0.39, 0.29) is 24.6 Å². The number of hydrogen-bond acceptors (Lipinski definition) is 10. The summed E-state index contributed by atoms with van der Waals surface area (Å²) >= 11 is 1.47.